The summed E-state index contributed by atoms with van der Waals surface area (Å²) in [5.41, 5.74) is 5.48. The van der Waals surface area contributed by atoms with Gasteiger partial charge in [0, 0.05) is 28.9 Å². The van der Waals surface area contributed by atoms with E-state index < -0.39 is 0 Å². The van der Waals surface area contributed by atoms with E-state index >= 15 is 0 Å². The van der Waals surface area contributed by atoms with Gasteiger partial charge < -0.3 is 5.32 Å². The summed E-state index contributed by atoms with van der Waals surface area (Å²) in [6, 6.07) is 23.3. The van der Waals surface area contributed by atoms with E-state index in [1.807, 2.05) is 85.3 Å². The van der Waals surface area contributed by atoms with Gasteiger partial charge in [-0.25, -0.2) is 9.67 Å². The second-order valence-electron chi connectivity index (χ2n) is 7.00. The van der Waals surface area contributed by atoms with E-state index in [1.54, 1.807) is 18.0 Å². The van der Waals surface area contributed by atoms with Gasteiger partial charge in [0.15, 0.2) is 0 Å². The molecule has 0 bridgehead atoms. The molecule has 2 aromatic heterocycles. The number of hydrogen-bond donors (Lipinski definition) is 1. The quantitative estimate of drug-likeness (QED) is 0.428. The number of amides is 1. The summed E-state index contributed by atoms with van der Waals surface area (Å²) in [6.45, 7) is 3.98. The predicted molar refractivity (Wildman–Crippen MR) is 121 cm³/mol. The number of pyridine rings is 1. The van der Waals surface area contributed by atoms with Crippen molar-refractivity contribution in [2.75, 3.05) is 5.32 Å². The summed E-state index contributed by atoms with van der Waals surface area (Å²) in [5, 5.41) is 8.45. The molecule has 4 rings (SSSR count). The minimum atomic E-state index is -0.135. The zero-order chi connectivity index (χ0) is 20.9. The molecule has 0 aliphatic heterocycles. The van der Waals surface area contributed by atoms with Gasteiger partial charge in [0.05, 0.1) is 16.4 Å². The van der Waals surface area contributed by atoms with Crippen LogP contribution in [-0.4, -0.2) is 20.7 Å². The molecule has 0 aliphatic rings. The van der Waals surface area contributed by atoms with Crippen LogP contribution in [0.4, 0.5) is 5.69 Å². The van der Waals surface area contributed by atoms with Gasteiger partial charge in [-0.2, -0.15) is 5.10 Å². The number of carbonyl (C=O) groups is 1. The summed E-state index contributed by atoms with van der Waals surface area (Å²) in [6.07, 6.45) is 1.79. The second kappa shape index (κ2) is 8.97. The van der Waals surface area contributed by atoms with Crippen LogP contribution in [0.2, 0.25) is 0 Å². The number of anilines is 1. The molecule has 4 aromatic rings. The molecular formula is C24H22N4OS. The number of nitrogens with zero attached hydrogens (tertiary/aromatic N) is 3. The topological polar surface area (TPSA) is 59.8 Å². The third kappa shape index (κ3) is 4.78. The lowest BCUT2D eigenvalue weighted by molar-refractivity contribution is 0.102. The highest BCUT2D eigenvalue weighted by Crippen LogP contribution is 2.22. The van der Waals surface area contributed by atoms with Gasteiger partial charge in [0.25, 0.3) is 5.91 Å². The number of thioether (sulfide) groups is 1. The van der Waals surface area contributed by atoms with Gasteiger partial charge in [0.2, 0.25) is 0 Å². The Hall–Kier alpha value is -3.38. The molecular weight excluding hydrogens is 392 g/mol. The number of rotatable bonds is 6. The lowest BCUT2D eigenvalue weighted by atomic mass is 10.1. The number of nitrogens with one attached hydrogen (secondary N) is 1. The van der Waals surface area contributed by atoms with Crippen LogP contribution in [0.1, 0.15) is 27.3 Å². The Kier molecular flexibility index (Phi) is 5.95. The molecule has 0 radical (unpaired) electrons. The van der Waals surface area contributed by atoms with E-state index in [0.717, 1.165) is 39.1 Å². The van der Waals surface area contributed by atoms with Crippen molar-refractivity contribution in [3.8, 4) is 5.69 Å². The first-order chi connectivity index (χ1) is 14.6. The van der Waals surface area contributed by atoms with Gasteiger partial charge in [-0.3, -0.25) is 4.79 Å². The fraction of sp³-hybridized carbons (Fsp3) is 0.125. The van der Waals surface area contributed by atoms with Gasteiger partial charge >= 0.3 is 0 Å². The molecule has 1 amide bonds. The van der Waals surface area contributed by atoms with Crippen molar-refractivity contribution in [3.05, 3.63) is 102 Å². The van der Waals surface area contributed by atoms with Crippen LogP contribution in [0.3, 0.4) is 0 Å². The van der Waals surface area contributed by atoms with Crippen LogP contribution in [0, 0.1) is 13.8 Å². The summed E-state index contributed by atoms with van der Waals surface area (Å²) >= 11 is 1.67. The van der Waals surface area contributed by atoms with Crippen molar-refractivity contribution < 1.29 is 4.79 Å². The highest BCUT2D eigenvalue weighted by molar-refractivity contribution is 7.98. The largest absolute Gasteiger partial charge is 0.322 e. The summed E-state index contributed by atoms with van der Waals surface area (Å²) < 4.78 is 1.87. The monoisotopic (exact) mass is 414 g/mol. The molecule has 150 valence electrons. The molecule has 1 N–H and O–H groups in total. The van der Waals surface area contributed by atoms with Crippen molar-refractivity contribution in [1.29, 1.82) is 0 Å². The predicted octanol–water partition coefficient (Wildman–Crippen LogP) is 5.43. The first kappa shape index (κ1) is 19.9. The van der Waals surface area contributed by atoms with Crippen LogP contribution in [0.5, 0.6) is 0 Å². The maximum atomic E-state index is 12.7. The maximum Gasteiger partial charge on any atom is 0.255 e. The highest BCUT2D eigenvalue weighted by Gasteiger charge is 2.09. The second-order valence-corrected chi connectivity index (χ2v) is 7.99. The average molecular weight is 415 g/mol. The van der Waals surface area contributed by atoms with Crippen molar-refractivity contribution in [1.82, 2.24) is 14.8 Å². The van der Waals surface area contributed by atoms with Gasteiger partial charge in [-0.15, -0.1) is 11.8 Å². The third-order valence-corrected chi connectivity index (χ3v) is 5.61. The smallest absolute Gasteiger partial charge is 0.255 e. The van der Waals surface area contributed by atoms with E-state index in [0.29, 0.717) is 5.56 Å². The maximum absolute atomic E-state index is 12.7. The Morgan fingerprint density at radius 1 is 1.00 bits per heavy atom. The Morgan fingerprint density at radius 3 is 2.53 bits per heavy atom. The number of benzene rings is 2. The molecule has 0 aliphatic carbocycles. The van der Waals surface area contributed by atoms with Crippen molar-refractivity contribution in [2.24, 2.45) is 0 Å². The van der Waals surface area contributed by atoms with Crippen LogP contribution >= 0.6 is 11.8 Å². The summed E-state index contributed by atoms with van der Waals surface area (Å²) in [7, 11) is 0. The van der Waals surface area contributed by atoms with Crippen molar-refractivity contribution in [3.63, 3.8) is 0 Å². The molecule has 0 fully saturated rings. The molecule has 0 saturated carbocycles. The molecule has 0 saturated heterocycles. The normalized spacial score (nSPS) is 10.7. The highest BCUT2D eigenvalue weighted by atomic mass is 32.2. The fourth-order valence-corrected chi connectivity index (χ4v) is 3.98. The van der Waals surface area contributed by atoms with Crippen LogP contribution in [-0.2, 0) is 5.75 Å². The summed E-state index contributed by atoms with van der Waals surface area (Å²) in [5.74, 6) is 0.655. The lowest BCUT2D eigenvalue weighted by Gasteiger charge is -2.09. The Morgan fingerprint density at radius 2 is 1.83 bits per heavy atom. The molecule has 30 heavy (non-hydrogen) atoms. The molecule has 6 heteroatoms. The van der Waals surface area contributed by atoms with Crippen molar-refractivity contribution >= 4 is 23.4 Å². The third-order valence-electron chi connectivity index (χ3n) is 4.59. The average Bonchev–Trinajstić information content (AvgIpc) is 3.11. The molecule has 2 heterocycles. The fourth-order valence-electron chi connectivity index (χ4n) is 3.18. The van der Waals surface area contributed by atoms with Crippen molar-refractivity contribution in [2.45, 2.75) is 24.6 Å². The first-order valence-corrected chi connectivity index (χ1v) is 10.6. The van der Waals surface area contributed by atoms with E-state index in [-0.39, 0.29) is 5.91 Å². The number of carbonyl (C=O) groups excluding carboxylic acids is 1. The van der Waals surface area contributed by atoms with Gasteiger partial charge in [0.1, 0.15) is 0 Å². The van der Waals surface area contributed by atoms with Gasteiger partial charge in [-0.05, 0) is 74.0 Å². The number of aryl methyl sites for hydroxylation is 2. The standard InChI is InChI=1S/C24H22N4OS/c1-17-14-18(2)28(27-17)22-11-9-20(10-12-22)24(29)26-21-7-5-6-19(15-21)16-30-23-8-3-4-13-25-23/h3-15H,16H2,1-2H3,(H,26,29). The molecule has 5 nitrogen and oxygen atoms in total. The molecule has 2 aromatic carbocycles. The SMILES string of the molecule is Cc1cc(C)n(-c2ccc(C(=O)Nc3cccc(CSc4ccccn4)c3)cc2)n1. The van der Waals surface area contributed by atoms with Crippen LogP contribution in [0.25, 0.3) is 5.69 Å². The molecule has 0 unspecified atom stereocenters. The number of aromatic nitrogens is 3. The van der Waals surface area contributed by atoms with E-state index in [9.17, 15) is 4.79 Å². The zero-order valence-electron chi connectivity index (χ0n) is 16.9. The lowest BCUT2D eigenvalue weighted by Crippen LogP contribution is -2.12. The minimum Gasteiger partial charge on any atom is -0.322 e. The van der Waals surface area contributed by atoms with E-state index in [4.69, 9.17) is 0 Å². The Labute approximate surface area is 180 Å². The van der Waals surface area contributed by atoms with Crippen LogP contribution < -0.4 is 5.32 Å². The van der Waals surface area contributed by atoms with Crippen LogP contribution in [0.15, 0.2) is 84.0 Å². The zero-order valence-corrected chi connectivity index (χ0v) is 17.7. The van der Waals surface area contributed by atoms with Gasteiger partial charge in [-0.1, -0.05) is 18.2 Å². The molecule has 0 spiro atoms. The number of hydrogen-bond acceptors (Lipinski definition) is 4. The summed E-state index contributed by atoms with van der Waals surface area (Å²) in [4.78, 5) is 17.0. The Balaban J connectivity index is 1.41. The minimum absolute atomic E-state index is 0.135. The van der Waals surface area contributed by atoms with E-state index in [1.165, 1.54) is 0 Å². The first-order valence-electron chi connectivity index (χ1n) is 9.66. The Bertz CT molecular complexity index is 1150. The molecule has 0 atom stereocenters. The van der Waals surface area contributed by atoms with E-state index in [2.05, 4.69) is 21.5 Å².